The number of nitrogens with zero attached hydrogens (tertiary/aromatic N) is 3. The van der Waals surface area contributed by atoms with Crippen LogP contribution < -0.4 is 32.5 Å². The summed E-state index contributed by atoms with van der Waals surface area (Å²) >= 11 is 0. The molecule has 2 heterocycles. The largest absolute Gasteiger partial charge is 0.481 e. The van der Waals surface area contributed by atoms with Gasteiger partial charge in [0, 0.05) is 31.8 Å². The van der Waals surface area contributed by atoms with Crippen molar-refractivity contribution in [1.29, 1.82) is 0 Å². The number of aromatic nitrogens is 3. The molecule has 1 atom stereocenters. The van der Waals surface area contributed by atoms with Crippen LogP contribution in [-0.4, -0.2) is 44.0 Å². The smallest absolute Gasteiger partial charge is 0.309 e. The number of carboxylic acids is 1. The molecule has 0 saturated heterocycles. The molecule has 3 aliphatic rings. The predicted octanol–water partition coefficient (Wildman–Crippen LogP) is 1.85. The molecule has 7 rings (SSSR count). The van der Waals surface area contributed by atoms with Gasteiger partial charge in [-0.3, -0.25) is 24.0 Å². The number of carbonyl (C=O) groups is 3. The molecular formula is C31H33N7O6. The first-order chi connectivity index (χ1) is 21.0. The number of nitrogens with one attached hydrogen (secondary N) is 3. The standard InChI is InChI=1S/C31H33N7O6/c1-17-13-30(29(43)44)6-8-31(17,9-7-30)16-35-28(42)21-12-20(37-22-5-10-36-38(21)22)27(41)34-15-19-4-2-3-18(11-19)14-33-24-23(32)25(39)26(24)40/h2-5,10-12,17,33H,6-9,13-16,32H2,1H3,(H,34,41)(H,35,42)(H,43,44). The van der Waals surface area contributed by atoms with Crippen molar-refractivity contribution in [1.82, 2.24) is 25.2 Å². The van der Waals surface area contributed by atoms with Crippen molar-refractivity contribution in [3.8, 4) is 0 Å². The maximum atomic E-state index is 13.5. The van der Waals surface area contributed by atoms with Crippen LogP contribution in [0.3, 0.4) is 0 Å². The Bertz CT molecular complexity index is 1860. The van der Waals surface area contributed by atoms with Crippen LogP contribution in [-0.2, 0) is 17.9 Å². The second-order valence-electron chi connectivity index (χ2n) is 12.2. The summed E-state index contributed by atoms with van der Waals surface area (Å²) in [5.74, 6) is -1.43. The summed E-state index contributed by atoms with van der Waals surface area (Å²) in [5, 5.41) is 22.8. The molecule has 6 N–H and O–H groups in total. The number of aliphatic carboxylic acids is 1. The number of amides is 2. The second kappa shape index (κ2) is 10.9. The Labute approximate surface area is 251 Å². The van der Waals surface area contributed by atoms with E-state index in [0.717, 1.165) is 24.0 Å². The molecule has 2 aromatic heterocycles. The van der Waals surface area contributed by atoms with Crippen LogP contribution in [0.15, 0.2) is 52.2 Å². The average molecular weight is 600 g/mol. The molecule has 0 aliphatic heterocycles. The van der Waals surface area contributed by atoms with Gasteiger partial charge >= 0.3 is 5.97 Å². The normalized spacial score (nSPS) is 22.6. The van der Waals surface area contributed by atoms with Crippen molar-refractivity contribution < 1.29 is 19.5 Å². The first-order valence-corrected chi connectivity index (χ1v) is 14.6. The number of hydrogen-bond acceptors (Lipinski definition) is 9. The third kappa shape index (κ3) is 4.97. The quantitative estimate of drug-likeness (QED) is 0.168. The fourth-order valence-electron chi connectivity index (χ4n) is 6.81. The van der Waals surface area contributed by atoms with E-state index < -0.39 is 28.1 Å². The van der Waals surface area contributed by atoms with Gasteiger partial charge < -0.3 is 26.8 Å². The number of benzene rings is 1. The molecule has 13 heteroatoms. The van der Waals surface area contributed by atoms with Crippen molar-refractivity contribution in [3.63, 3.8) is 0 Å². The molecule has 2 bridgehead atoms. The lowest BCUT2D eigenvalue weighted by Crippen LogP contribution is -2.54. The summed E-state index contributed by atoms with van der Waals surface area (Å²) in [5.41, 5.74) is 5.67. The number of anilines is 2. The van der Waals surface area contributed by atoms with Crippen molar-refractivity contribution in [2.75, 3.05) is 17.6 Å². The SMILES string of the molecule is CC1CC2(C(=O)O)CCC1(CNC(=O)c1cc(C(=O)NCc3cccc(CNc4c(N)c(=O)c4=O)c3)nc3ccnn13)CC2. The maximum Gasteiger partial charge on any atom is 0.309 e. The van der Waals surface area contributed by atoms with Gasteiger partial charge in [-0.1, -0.05) is 31.2 Å². The van der Waals surface area contributed by atoms with Crippen LogP contribution in [0, 0.1) is 16.7 Å². The molecule has 3 saturated carbocycles. The van der Waals surface area contributed by atoms with Crippen molar-refractivity contribution in [2.45, 2.75) is 52.1 Å². The number of nitrogen functional groups attached to an aromatic ring is 1. The van der Waals surface area contributed by atoms with Gasteiger partial charge in [-0.25, -0.2) is 9.50 Å². The Hall–Kier alpha value is -5.07. The number of rotatable bonds is 10. The minimum absolute atomic E-state index is 0.0599. The fourth-order valence-corrected chi connectivity index (χ4v) is 6.81. The van der Waals surface area contributed by atoms with Crippen LogP contribution in [0.4, 0.5) is 11.4 Å². The highest BCUT2D eigenvalue weighted by molar-refractivity contribution is 5.98. The highest BCUT2D eigenvalue weighted by atomic mass is 16.4. The molecule has 3 aliphatic carbocycles. The minimum Gasteiger partial charge on any atom is -0.481 e. The van der Waals surface area contributed by atoms with Gasteiger partial charge in [-0.2, -0.15) is 5.10 Å². The average Bonchev–Trinajstić information content (AvgIpc) is 3.51. The summed E-state index contributed by atoms with van der Waals surface area (Å²) < 4.78 is 1.39. The fraction of sp³-hybridized carbons (Fsp3) is 0.387. The van der Waals surface area contributed by atoms with Crippen LogP contribution in [0.25, 0.3) is 5.65 Å². The molecule has 44 heavy (non-hydrogen) atoms. The van der Waals surface area contributed by atoms with Crippen LogP contribution in [0.5, 0.6) is 0 Å². The minimum atomic E-state index is -0.723. The predicted molar refractivity (Wildman–Crippen MR) is 161 cm³/mol. The van der Waals surface area contributed by atoms with Crippen LogP contribution >= 0.6 is 0 Å². The highest BCUT2D eigenvalue weighted by Gasteiger charge is 2.56. The summed E-state index contributed by atoms with van der Waals surface area (Å²) in [6.45, 7) is 2.94. The van der Waals surface area contributed by atoms with E-state index in [1.165, 1.54) is 16.8 Å². The van der Waals surface area contributed by atoms with E-state index in [1.54, 1.807) is 6.07 Å². The molecule has 0 radical (unpaired) electrons. The van der Waals surface area contributed by atoms with E-state index in [4.69, 9.17) is 5.73 Å². The van der Waals surface area contributed by atoms with E-state index >= 15 is 0 Å². The van der Waals surface area contributed by atoms with Crippen molar-refractivity contribution >= 4 is 34.8 Å². The van der Waals surface area contributed by atoms with Gasteiger partial charge in [0.1, 0.15) is 22.8 Å². The Morgan fingerprint density at radius 2 is 1.73 bits per heavy atom. The zero-order valence-corrected chi connectivity index (χ0v) is 24.2. The molecule has 228 valence electrons. The first kappa shape index (κ1) is 29.0. The van der Waals surface area contributed by atoms with Crippen molar-refractivity contribution in [2.24, 2.45) is 16.7 Å². The second-order valence-corrected chi connectivity index (χ2v) is 12.2. The number of nitrogens with two attached hydrogens (primary N) is 1. The van der Waals surface area contributed by atoms with E-state index in [2.05, 4.69) is 33.0 Å². The maximum absolute atomic E-state index is 13.5. The van der Waals surface area contributed by atoms with Gasteiger partial charge in [-0.05, 0) is 54.6 Å². The van der Waals surface area contributed by atoms with E-state index in [9.17, 15) is 29.1 Å². The monoisotopic (exact) mass is 599 g/mol. The van der Waals surface area contributed by atoms with Gasteiger partial charge in [0.2, 0.25) is 0 Å². The van der Waals surface area contributed by atoms with E-state index in [-0.39, 0.29) is 53.1 Å². The first-order valence-electron chi connectivity index (χ1n) is 14.6. The van der Waals surface area contributed by atoms with Gasteiger partial charge in [0.25, 0.3) is 22.7 Å². The number of hydrogen-bond donors (Lipinski definition) is 5. The van der Waals surface area contributed by atoms with E-state index in [1.807, 2.05) is 24.3 Å². The van der Waals surface area contributed by atoms with E-state index in [0.29, 0.717) is 31.5 Å². The Balaban J connectivity index is 1.11. The van der Waals surface area contributed by atoms with Gasteiger partial charge in [-0.15, -0.1) is 0 Å². The molecule has 2 amide bonds. The third-order valence-electron chi connectivity index (χ3n) is 9.69. The summed E-state index contributed by atoms with van der Waals surface area (Å²) in [6.07, 6.45) is 4.81. The van der Waals surface area contributed by atoms with Crippen molar-refractivity contribution in [3.05, 3.63) is 85.6 Å². The van der Waals surface area contributed by atoms with Crippen LogP contribution in [0.1, 0.15) is 71.1 Å². The van der Waals surface area contributed by atoms with Crippen LogP contribution in [0.2, 0.25) is 0 Å². The van der Waals surface area contributed by atoms with Gasteiger partial charge in [0.15, 0.2) is 5.65 Å². The van der Waals surface area contributed by atoms with Gasteiger partial charge in [0.05, 0.1) is 11.6 Å². The highest BCUT2D eigenvalue weighted by Crippen LogP contribution is 2.59. The zero-order chi connectivity index (χ0) is 31.2. The zero-order valence-electron chi connectivity index (χ0n) is 24.2. The molecule has 13 nitrogen and oxygen atoms in total. The lowest BCUT2D eigenvalue weighted by molar-refractivity contribution is -0.163. The Morgan fingerprint density at radius 3 is 2.41 bits per heavy atom. The molecule has 1 unspecified atom stereocenters. The molecule has 0 spiro atoms. The third-order valence-corrected chi connectivity index (χ3v) is 9.69. The Kier molecular flexibility index (Phi) is 7.18. The summed E-state index contributed by atoms with van der Waals surface area (Å²) in [6, 6.07) is 10.4. The number of fused-ring (bicyclic) bond motifs is 4. The number of carbonyl (C=O) groups excluding carboxylic acids is 2. The molecule has 4 aromatic rings. The lowest BCUT2D eigenvalue weighted by Gasteiger charge is -2.55. The molecular weight excluding hydrogens is 566 g/mol. The summed E-state index contributed by atoms with van der Waals surface area (Å²) in [4.78, 5) is 65.9. The molecule has 2 aromatic carbocycles. The summed E-state index contributed by atoms with van der Waals surface area (Å²) in [7, 11) is 0. The lowest BCUT2D eigenvalue weighted by atomic mass is 9.49. The number of carboxylic acid groups (broad SMARTS) is 1. The topological polar surface area (TPSA) is 198 Å². The Morgan fingerprint density at radius 1 is 1.00 bits per heavy atom. The molecule has 3 fully saturated rings.